The first-order valence-electron chi connectivity index (χ1n) is 6.17. The Labute approximate surface area is 108 Å². The summed E-state index contributed by atoms with van der Waals surface area (Å²) in [5.41, 5.74) is 0. The van der Waals surface area contributed by atoms with E-state index in [4.69, 9.17) is 0 Å². The molecule has 2 atom stereocenters. The summed E-state index contributed by atoms with van der Waals surface area (Å²) in [5.74, 6) is 0.884. The van der Waals surface area contributed by atoms with Crippen molar-refractivity contribution in [3.8, 4) is 0 Å². The zero-order valence-electron chi connectivity index (χ0n) is 10.8. The molecule has 7 heteroatoms. The first-order valence-corrected chi connectivity index (χ1v) is 7.65. The highest BCUT2D eigenvalue weighted by Crippen LogP contribution is 2.18. The quantitative estimate of drug-likeness (QED) is 0.805. The van der Waals surface area contributed by atoms with E-state index in [9.17, 15) is 8.42 Å². The average molecular weight is 272 g/mol. The van der Waals surface area contributed by atoms with Crippen molar-refractivity contribution in [2.24, 2.45) is 18.9 Å². The second kappa shape index (κ2) is 5.38. The lowest BCUT2D eigenvalue weighted by molar-refractivity contribution is 0.274. The second-order valence-corrected chi connectivity index (χ2v) is 6.67. The molecule has 0 saturated carbocycles. The number of nitrogens with zero attached hydrogens (tertiary/aromatic N) is 2. The Morgan fingerprint density at radius 2 is 2.39 bits per heavy atom. The van der Waals surface area contributed by atoms with E-state index in [1.165, 1.54) is 12.5 Å². The van der Waals surface area contributed by atoms with Crippen LogP contribution in [0.15, 0.2) is 17.6 Å². The van der Waals surface area contributed by atoms with E-state index in [1.807, 2.05) is 0 Å². The molecule has 0 aliphatic carbocycles. The monoisotopic (exact) mass is 272 g/mol. The molecule has 1 aromatic heterocycles. The summed E-state index contributed by atoms with van der Waals surface area (Å²) >= 11 is 0. The van der Waals surface area contributed by atoms with Crippen molar-refractivity contribution in [3.05, 3.63) is 12.5 Å². The van der Waals surface area contributed by atoms with Crippen molar-refractivity contribution >= 4 is 10.0 Å². The summed E-state index contributed by atoms with van der Waals surface area (Å²) in [4.78, 5) is 3.87. The minimum Gasteiger partial charge on any atom is -0.339 e. The maximum Gasteiger partial charge on any atom is 0.259 e. The number of nitrogens with one attached hydrogen (secondary N) is 2. The lowest BCUT2D eigenvalue weighted by Gasteiger charge is -2.29. The molecule has 1 aromatic rings. The van der Waals surface area contributed by atoms with Gasteiger partial charge in [-0.25, -0.2) is 18.1 Å². The molecule has 2 unspecified atom stereocenters. The molecule has 1 fully saturated rings. The van der Waals surface area contributed by atoms with Crippen LogP contribution in [-0.2, 0) is 17.1 Å². The maximum absolute atomic E-state index is 12.0. The van der Waals surface area contributed by atoms with Gasteiger partial charge < -0.3 is 9.88 Å². The zero-order chi connectivity index (χ0) is 13.2. The highest BCUT2D eigenvalue weighted by atomic mass is 32.2. The number of piperidine rings is 1. The van der Waals surface area contributed by atoms with Crippen LogP contribution in [-0.4, -0.2) is 37.6 Å². The first-order chi connectivity index (χ1) is 8.49. The Balaban J connectivity index is 1.96. The first kappa shape index (κ1) is 13.5. The summed E-state index contributed by atoms with van der Waals surface area (Å²) < 4.78 is 28.3. The molecule has 0 amide bonds. The standard InChI is InChI=1S/C11H20N4O2S/c1-9-5-12-4-3-10(9)6-14-18(16,17)11-7-15(2)8-13-11/h7-10,12,14H,3-6H2,1-2H3. The molecule has 2 heterocycles. The van der Waals surface area contributed by atoms with Crippen LogP contribution >= 0.6 is 0 Å². The van der Waals surface area contributed by atoms with Crippen molar-refractivity contribution in [1.29, 1.82) is 0 Å². The van der Waals surface area contributed by atoms with E-state index >= 15 is 0 Å². The van der Waals surface area contributed by atoms with Crippen molar-refractivity contribution in [1.82, 2.24) is 19.6 Å². The van der Waals surface area contributed by atoms with Gasteiger partial charge in [0.25, 0.3) is 10.0 Å². The van der Waals surface area contributed by atoms with Gasteiger partial charge in [-0.15, -0.1) is 0 Å². The molecular weight excluding hydrogens is 252 g/mol. The number of rotatable bonds is 4. The van der Waals surface area contributed by atoms with E-state index in [0.717, 1.165) is 19.5 Å². The molecule has 0 spiro atoms. The molecule has 2 N–H and O–H groups in total. The molecular formula is C11H20N4O2S. The Hall–Kier alpha value is -0.920. The Morgan fingerprint density at radius 1 is 1.61 bits per heavy atom. The molecule has 102 valence electrons. The maximum atomic E-state index is 12.0. The minimum absolute atomic E-state index is 0.0894. The van der Waals surface area contributed by atoms with Crippen LogP contribution in [0.2, 0.25) is 0 Å². The fourth-order valence-electron chi connectivity index (χ4n) is 2.19. The van der Waals surface area contributed by atoms with Crippen LogP contribution in [0.25, 0.3) is 0 Å². The van der Waals surface area contributed by atoms with Crippen LogP contribution in [0.5, 0.6) is 0 Å². The fourth-order valence-corrected chi connectivity index (χ4v) is 3.26. The van der Waals surface area contributed by atoms with Gasteiger partial charge in [-0.05, 0) is 31.3 Å². The van der Waals surface area contributed by atoms with Crippen LogP contribution < -0.4 is 10.0 Å². The Kier molecular flexibility index (Phi) is 4.04. The molecule has 6 nitrogen and oxygen atoms in total. The lowest BCUT2D eigenvalue weighted by atomic mass is 9.88. The van der Waals surface area contributed by atoms with Crippen LogP contribution in [0.3, 0.4) is 0 Å². The van der Waals surface area contributed by atoms with Crippen molar-refractivity contribution in [3.63, 3.8) is 0 Å². The van der Waals surface area contributed by atoms with Gasteiger partial charge in [0, 0.05) is 19.8 Å². The normalized spacial score (nSPS) is 25.2. The van der Waals surface area contributed by atoms with Crippen molar-refractivity contribution in [2.75, 3.05) is 19.6 Å². The van der Waals surface area contributed by atoms with Gasteiger partial charge in [0.05, 0.1) is 6.33 Å². The van der Waals surface area contributed by atoms with Gasteiger partial charge in [0.2, 0.25) is 0 Å². The van der Waals surface area contributed by atoms with E-state index < -0.39 is 10.0 Å². The van der Waals surface area contributed by atoms with Gasteiger partial charge in [-0.1, -0.05) is 6.92 Å². The number of hydrogen-bond acceptors (Lipinski definition) is 4. The molecule has 0 aromatic carbocycles. The molecule has 2 rings (SSSR count). The van der Waals surface area contributed by atoms with Crippen molar-refractivity contribution < 1.29 is 8.42 Å². The van der Waals surface area contributed by atoms with Crippen LogP contribution in [0.4, 0.5) is 0 Å². The molecule has 1 aliphatic heterocycles. The van der Waals surface area contributed by atoms with E-state index in [1.54, 1.807) is 11.6 Å². The van der Waals surface area contributed by atoms with E-state index in [-0.39, 0.29) is 5.03 Å². The third-order valence-electron chi connectivity index (χ3n) is 3.46. The van der Waals surface area contributed by atoms with E-state index in [0.29, 0.717) is 18.4 Å². The summed E-state index contributed by atoms with van der Waals surface area (Å²) in [7, 11) is -1.71. The third kappa shape index (κ3) is 3.09. The number of hydrogen-bond donors (Lipinski definition) is 2. The SMILES string of the molecule is CC1CNCCC1CNS(=O)(=O)c1cn(C)cn1. The Bertz CT molecular complexity index is 497. The third-order valence-corrected chi connectivity index (χ3v) is 4.76. The number of aromatic nitrogens is 2. The van der Waals surface area contributed by atoms with Gasteiger partial charge in [-0.3, -0.25) is 0 Å². The lowest BCUT2D eigenvalue weighted by Crippen LogP contribution is -2.41. The number of imidazole rings is 1. The van der Waals surface area contributed by atoms with Gasteiger partial charge >= 0.3 is 0 Å². The zero-order valence-corrected chi connectivity index (χ0v) is 11.6. The highest BCUT2D eigenvalue weighted by Gasteiger charge is 2.24. The summed E-state index contributed by atoms with van der Waals surface area (Å²) in [6, 6.07) is 0. The minimum atomic E-state index is -3.46. The van der Waals surface area contributed by atoms with E-state index in [2.05, 4.69) is 21.9 Å². The fraction of sp³-hybridized carbons (Fsp3) is 0.727. The number of aryl methyl sites for hydroxylation is 1. The predicted molar refractivity (Wildman–Crippen MR) is 68.5 cm³/mol. The van der Waals surface area contributed by atoms with Gasteiger partial charge in [0.1, 0.15) is 0 Å². The largest absolute Gasteiger partial charge is 0.339 e. The number of sulfonamides is 1. The van der Waals surface area contributed by atoms with Gasteiger partial charge in [-0.2, -0.15) is 0 Å². The van der Waals surface area contributed by atoms with Crippen molar-refractivity contribution in [2.45, 2.75) is 18.4 Å². The highest BCUT2D eigenvalue weighted by molar-refractivity contribution is 7.89. The van der Waals surface area contributed by atoms with Gasteiger partial charge in [0.15, 0.2) is 5.03 Å². The Morgan fingerprint density at radius 3 is 3.00 bits per heavy atom. The summed E-state index contributed by atoms with van der Waals surface area (Å²) in [5, 5.41) is 3.39. The molecule has 1 saturated heterocycles. The smallest absolute Gasteiger partial charge is 0.259 e. The predicted octanol–water partition coefficient (Wildman–Crippen LogP) is -0.0560. The average Bonchev–Trinajstić information content (AvgIpc) is 2.76. The topological polar surface area (TPSA) is 76.0 Å². The summed E-state index contributed by atoms with van der Waals surface area (Å²) in [6.45, 7) is 4.55. The molecule has 0 radical (unpaired) electrons. The molecule has 1 aliphatic rings. The second-order valence-electron chi connectivity index (χ2n) is 4.96. The molecule has 0 bridgehead atoms. The van der Waals surface area contributed by atoms with Crippen LogP contribution in [0.1, 0.15) is 13.3 Å². The van der Waals surface area contributed by atoms with Crippen LogP contribution in [0, 0.1) is 11.8 Å². The summed E-state index contributed by atoms with van der Waals surface area (Å²) in [6.07, 6.45) is 4.00. The molecule has 18 heavy (non-hydrogen) atoms.